The zero-order valence-electron chi connectivity index (χ0n) is 28.3. The minimum atomic E-state index is -0.747. The van der Waals surface area contributed by atoms with Crippen LogP contribution < -0.4 is 21.3 Å². The third kappa shape index (κ3) is 8.54. The van der Waals surface area contributed by atoms with Crippen LogP contribution in [-0.2, 0) is 6.42 Å². The van der Waals surface area contributed by atoms with Crippen LogP contribution in [0.25, 0.3) is 11.1 Å². The maximum Gasteiger partial charge on any atom is 0.151 e. The van der Waals surface area contributed by atoms with Gasteiger partial charge in [-0.1, -0.05) is 39.2 Å². The Labute approximate surface area is 271 Å². The number of piperidine rings is 1. The van der Waals surface area contributed by atoms with Crippen LogP contribution in [0.3, 0.4) is 0 Å². The summed E-state index contributed by atoms with van der Waals surface area (Å²) in [4.78, 5) is 17.3. The second kappa shape index (κ2) is 16.2. The van der Waals surface area contributed by atoms with Crippen LogP contribution in [0, 0.1) is 0 Å². The molecule has 1 aromatic heterocycles. The third-order valence-corrected chi connectivity index (χ3v) is 10.1. The number of hydrogen-bond donors (Lipinski definition) is 3. The van der Waals surface area contributed by atoms with Gasteiger partial charge in [-0.2, -0.15) is 0 Å². The van der Waals surface area contributed by atoms with Gasteiger partial charge in [0.2, 0.25) is 0 Å². The summed E-state index contributed by atoms with van der Waals surface area (Å²) in [6, 6.07) is 8.01. The van der Waals surface area contributed by atoms with Gasteiger partial charge >= 0.3 is 0 Å². The fourth-order valence-corrected chi connectivity index (χ4v) is 7.53. The van der Waals surface area contributed by atoms with Crippen LogP contribution in [0.2, 0.25) is 0 Å². The van der Waals surface area contributed by atoms with Gasteiger partial charge in [-0.15, -0.1) is 0 Å². The molecule has 3 heterocycles. The Morgan fingerprint density at radius 2 is 1.78 bits per heavy atom. The minimum absolute atomic E-state index is 0.420. The second-order valence-corrected chi connectivity index (χ2v) is 13.4. The summed E-state index contributed by atoms with van der Waals surface area (Å²) in [5.74, 6) is 0.479. The number of nitrogen functional groups attached to an aromatic ring is 1. The lowest BCUT2D eigenvalue weighted by molar-refractivity contribution is 0.0728. The molecule has 3 fully saturated rings. The first-order valence-electron chi connectivity index (χ1n) is 17.6. The van der Waals surface area contributed by atoms with Gasteiger partial charge in [0.05, 0.1) is 5.69 Å². The van der Waals surface area contributed by atoms with Crippen LogP contribution in [-0.4, -0.2) is 98.2 Å². The van der Waals surface area contributed by atoms with E-state index in [1.54, 1.807) is 6.92 Å². The van der Waals surface area contributed by atoms with Gasteiger partial charge in [-0.3, -0.25) is 14.8 Å². The van der Waals surface area contributed by atoms with E-state index >= 15 is 0 Å². The molecule has 0 radical (unpaired) electrons. The standard InChI is InChI=1S/C36H57FN8/c1-5-27-22-28(12-13-33(27)45-16-14-31(15-17-45)44-20-18-43(19-21-44)25-26(3)37)32-24-40-36(38)35(41-29(6-2)23-39-4)34(32)42-30-10-8-7-9-11-30/h12-13,22,24,26,30-31,39H,5-11,14-21,23,25H2,1-4H3,(H3,38,40,42)/b41-29-. The number of rotatable bonds is 12. The van der Waals surface area contributed by atoms with Crippen molar-refractivity contribution in [2.75, 3.05) is 75.4 Å². The SMILES string of the molecule is CC/C(CNC)=N/c1c(N)ncc(-c2ccc(N3CCC(N4CCN(CC(C)F)CC4)CC3)c(CC)c2)c1NC1CCCCC1. The lowest BCUT2D eigenvalue weighted by Gasteiger charge is -2.43. The fourth-order valence-electron chi connectivity index (χ4n) is 7.53. The maximum absolute atomic E-state index is 13.5. The van der Waals surface area contributed by atoms with E-state index in [-0.39, 0.29) is 0 Å². The molecule has 5 rings (SSSR count). The third-order valence-electron chi connectivity index (χ3n) is 10.1. The van der Waals surface area contributed by atoms with E-state index in [9.17, 15) is 4.39 Å². The largest absolute Gasteiger partial charge is 0.382 e. The molecule has 1 unspecified atom stereocenters. The van der Waals surface area contributed by atoms with Gasteiger partial charge in [0, 0.05) is 87.6 Å². The number of nitrogens with one attached hydrogen (secondary N) is 2. The van der Waals surface area contributed by atoms with Crippen LogP contribution in [0.15, 0.2) is 29.4 Å². The molecule has 0 amide bonds. The van der Waals surface area contributed by atoms with Crippen molar-refractivity contribution >= 4 is 28.6 Å². The molecule has 0 spiro atoms. The van der Waals surface area contributed by atoms with E-state index in [1.807, 2.05) is 13.2 Å². The highest BCUT2D eigenvalue weighted by molar-refractivity contribution is 5.96. The number of aromatic nitrogens is 1. The van der Waals surface area contributed by atoms with Crippen LogP contribution in [0.1, 0.15) is 77.7 Å². The van der Waals surface area contributed by atoms with Gasteiger partial charge in [-0.25, -0.2) is 9.37 Å². The number of halogens is 1. The molecule has 2 saturated heterocycles. The molecule has 3 aliphatic rings. The summed E-state index contributed by atoms with van der Waals surface area (Å²) < 4.78 is 13.5. The monoisotopic (exact) mass is 620 g/mol. The first-order valence-corrected chi connectivity index (χ1v) is 17.6. The van der Waals surface area contributed by atoms with Crippen molar-refractivity contribution in [1.29, 1.82) is 0 Å². The van der Waals surface area contributed by atoms with Crippen molar-refractivity contribution in [3.63, 3.8) is 0 Å². The van der Waals surface area contributed by atoms with Gasteiger partial charge in [-0.05, 0) is 75.8 Å². The molecule has 45 heavy (non-hydrogen) atoms. The smallest absolute Gasteiger partial charge is 0.151 e. The van der Waals surface area contributed by atoms with E-state index in [0.717, 1.165) is 81.3 Å². The molecule has 8 nitrogen and oxygen atoms in total. The number of piperazine rings is 1. The summed E-state index contributed by atoms with van der Waals surface area (Å²) in [5.41, 5.74) is 14.4. The number of aliphatic imine (C=N–C) groups is 1. The number of nitrogens with two attached hydrogens (primary N) is 1. The Morgan fingerprint density at radius 3 is 2.42 bits per heavy atom. The summed E-state index contributed by atoms with van der Waals surface area (Å²) in [6.07, 6.45) is 11.5. The number of nitrogens with zero attached hydrogens (tertiary/aromatic N) is 5. The van der Waals surface area contributed by atoms with Gasteiger partial charge < -0.3 is 21.3 Å². The molecule has 4 N–H and O–H groups in total. The highest BCUT2D eigenvalue weighted by atomic mass is 19.1. The number of aryl methyl sites for hydroxylation is 1. The lowest BCUT2D eigenvalue weighted by atomic mass is 9.94. The van der Waals surface area contributed by atoms with Crippen molar-refractivity contribution in [1.82, 2.24) is 20.1 Å². The first kappa shape index (κ1) is 33.6. The second-order valence-electron chi connectivity index (χ2n) is 13.4. The molecule has 1 aromatic carbocycles. The van der Waals surface area contributed by atoms with E-state index in [1.165, 1.54) is 61.8 Å². The number of pyridine rings is 1. The number of alkyl halides is 1. The Morgan fingerprint density at radius 1 is 1.04 bits per heavy atom. The van der Waals surface area contributed by atoms with E-state index in [0.29, 0.717) is 24.4 Å². The van der Waals surface area contributed by atoms with Crippen molar-refractivity contribution in [3.05, 3.63) is 30.0 Å². The average molecular weight is 621 g/mol. The average Bonchev–Trinajstić information content (AvgIpc) is 3.06. The lowest BCUT2D eigenvalue weighted by Crippen LogP contribution is -2.53. The summed E-state index contributed by atoms with van der Waals surface area (Å²) in [6.45, 7) is 13.6. The van der Waals surface area contributed by atoms with Crippen molar-refractivity contribution in [3.8, 4) is 11.1 Å². The molecule has 2 aromatic rings. The summed E-state index contributed by atoms with van der Waals surface area (Å²) in [5, 5.41) is 7.16. The predicted octanol–water partition coefficient (Wildman–Crippen LogP) is 6.28. The Balaban J connectivity index is 1.36. The Kier molecular flexibility index (Phi) is 12.1. The zero-order valence-corrected chi connectivity index (χ0v) is 28.3. The summed E-state index contributed by atoms with van der Waals surface area (Å²) in [7, 11) is 1.96. The topological polar surface area (TPSA) is 85.0 Å². The van der Waals surface area contributed by atoms with Gasteiger partial charge in [0.1, 0.15) is 11.9 Å². The van der Waals surface area contributed by atoms with Crippen LogP contribution >= 0.6 is 0 Å². The fraction of sp³-hybridized carbons (Fsp3) is 0.667. The first-order chi connectivity index (χ1) is 21.9. The highest BCUT2D eigenvalue weighted by Crippen LogP contribution is 2.42. The molecular formula is C36H57FN8. The molecule has 9 heteroatoms. The number of anilines is 3. The predicted molar refractivity (Wildman–Crippen MR) is 189 cm³/mol. The van der Waals surface area contributed by atoms with Crippen molar-refractivity contribution < 1.29 is 4.39 Å². The molecule has 0 bridgehead atoms. The van der Waals surface area contributed by atoms with Gasteiger partial charge in [0.15, 0.2) is 5.82 Å². The van der Waals surface area contributed by atoms with Crippen molar-refractivity contribution in [2.45, 2.75) is 96.8 Å². The van der Waals surface area contributed by atoms with E-state index in [4.69, 9.17) is 10.7 Å². The number of benzene rings is 1. The molecule has 1 aliphatic carbocycles. The maximum atomic E-state index is 13.5. The quantitative estimate of drug-likeness (QED) is 0.241. The molecular weight excluding hydrogens is 563 g/mol. The Hall–Kier alpha value is -2.75. The number of hydrogen-bond acceptors (Lipinski definition) is 8. The van der Waals surface area contributed by atoms with E-state index < -0.39 is 6.17 Å². The molecule has 1 saturated carbocycles. The normalized spacial score (nSPS) is 20.5. The molecule has 1 atom stereocenters. The van der Waals surface area contributed by atoms with Crippen LogP contribution in [0.4, 0.5) is 27.3 Å². The summed E-state index contributed by atoms with van der Waals surface area (Å²) >= 11 is 0. The Bertz CT molecular complexity index is 1260. The molecule has 248 valence electrons. The van der Waals surface area contributed by atoms with Crippen LogP contribution in [0.5, 0.6) is 0 Å². The highest BCUT2D eigenvalue weighted by Gasteiger charge is 2.29. The minimum Gasteiger partial charge on any atom is -0.382 e. The van der Waals surface area contributed by atoms with Crippen molar-refractivity contribution in [2.24, 2.45) is 4.99 Å². The van der Waals surface area contributed by atoms with E-state index in [2.05, 4.69) is 62.4 Å². The van der Waals surface area contributed by atoms with Gasteiger partial charge in [0.25, 0.3) is 0 Å². The zero-order chi connectivity index (χ0) is 31.8. The molecule has 2 aliphatic heterocycles.